The molecule has 0 N–H and O–H groups in total. The molecule has 0 spiro atoms. The minimum atomic E-state index is -0.729. The smallest absolute Gasteiger partial charge is 0.497 e. The second-order valence-electron chi connectivity index (χ2n) is 4.85. The van der Waals surface area contributed by atoms with Crippen molar-refractivity contribution < 1.29 is 19.0 Å². The van der Waals surface area contributed by atoms with Gasteiger partial charge in [-0.25, -0.2) is 4.79 Å². The van der Waals surface area contributed by atoms with Crippen LogP contribution in [0.15, 0.2) is 52.8 Å². The number of benzene rings is 1. The lowest BCUT2D eigenvalue weighted by Crippen LogP contribution is -2.16. The number of carbonyl (C=O) groups excluding carboxylic acids is 1. The minimum absolute atomic E-state index is 0.509. The number of allylic oxidation sites excluding steroid dienone is 2. The third-order valence-electron chi connectivity index (χ3n) is 3.01. The average Bonchev–Trinajstić information content (AvgIpc) is 2.62. The summed E-state index contributed by atoms with van der Waals surface area (Å²) in [7, 11) is 2.92. The van der Waals surface area contributed by atoms with E-state index in [0.717, 1.165) is 17.1 Å². The summed E-state index contributed by atoms with van der Waals surface area (Å²) in [5, 5.41) is 2.08. The first-order valence-electron chi connectivity index (χ1n) is 7.42. The fourth-order valence-electron chi connectivity index (χ4n) is 1.72. The molecule has 0 amide bonds. The molecule has 0 aromatic heterocycles. The lowest BCUT2D eigenvalue weighted by molar-refractivity contribution is 0.0530. The highest BCUT2D eigenvalue weighted by Crippen LogP contribution is 2.24. The van der Waals surface area contributed by atoms with Gasteiger partial charge in [0.15, 0.2) is 6.10 Å². The third kappa shape index (κ3) is 7.80. The fraction of sp³-hybridized carbons (Fsp3) is 0.316. The zero-order valence-corrected chi connectivity index (χ0v) is 15.0. The Labute approximate surface area is 147 Å². The molecule has 1 aromatic carbocycles. The molecule has 5 heteroatoms. The van der Waals surface area contributed by atoms with Gasteiger partial charge in [-0.15, -0.1) is 0 Å². The van der Waals surface area contributed by atoms with Crippen LogP contribution in [-0.4, -0.2) is 26.5 Å². The van der Waals surface area contributed by atoms with Crippen LogP contribution in [0, 0.1) is 11.8 Å². The largest absolute Gasteiger partial charge is 0.509 e. The Bertz CT molecular complexity index is 623. The molecule has 0 aliphatic rings. The maximum Gasteiger partial charge on any atom is 0.509 e. The van der Waals surface area contributed by atoms with Crippen LogP contribution in [0.5, 0.6) is 5.75 Å². The predicted octanol–water partition coefficient (Wildman–Crippen LogP) is 4.81. The molecule has 1 unspecified atom stereocenters. The first kappa shape index (κ1) is 19.7. The molecule has 1 rings (SSSR count). The lowest BCUT2D eigenvalue weighted by Gasteiger charge is -2.11. The number of rotatable bonds is 7. The van der Waals surface area contributed by atoms with Gasteiger partial charge in [0.25, 0.3) is 0 Å². The van der Waals surface area contributed by atoms with Gasteiger partial charge in [0.05, 0.1) is 14.2 Å². The van der Waals surface area contributed by atoms with Crippen molar-refractivity contribution in [1.82, 2.24) is 0 Å². The molecule has 0 bridgehead atoms. The number of ether oxygens (including phenoxy) is 3. The standard InChI is InChI=1S/C19H22O4S/c1-5-6-7-17(23-19(20)22-4)9-8-15(2)14-24-18-12-10-16(21-3)11-13-18/h5,10-14,17H,1,8-9H2,2-4H3/b15-14+. The van der Waals surface area contributed by atoms with Crippen molar-refractivity contribution in [1.29, 1.82) is 0 Å². The van der Waals surface area contributed by atoms with Crippen LogP contribution >= 0.6 is 11.8 Å². The van der Waals surface area contributed by atoms with Crippen molar-refractivity contribution in [3.63, 3.8) is 0 Å². The van der Waals surface area contributed by atoms with Crippen molar-refractivity contribution in [2.45, 2.75) is 30.8 Å². The van der Waals surface area contributed by atoms with Crippen LogP contribution < -0.4 is 4.74 Å². The van der Waals surface area contributed by atoms with Gasteiger partial charge in [-0.1, -0.05) is 35.8 Å². The van der Waals surface area contributed by atoms with Gasteiger partial charge >= 0.3 is 6.16 Å². The second kappa shape index (κ2) is 11.3. The Morgan fingerprint density at radius 3 is 2.62 bits per heavy atom. The molecule has 1 aromatic rings. The molecule has 24 heavy (non-hydrogen) atoms. The Morgan fingerprint density at radius 2 is 2.04 bits per heavy atom. The molecular formula is C19H22O4S. The Balaban J connectivity index is 2.54. The molecule has 1 atom stereocenters. The Hall–Kier alpha value is -2.32. The molecule has 4 nitrogen and oxygen atoms in total. The minimum Gasteiger partial charge on any atom is -0.497 e. The van der Waals surface area contributed by atoms with Gasteiger partial charge in [-0.2, -0.15) is 0 Å². The van der Waals surface area contributed by atoms with Gasteiger partial charge in [-0.3, -0.25) is 0 Å². The molecule has 128 valence electrons. The first-order chi connectivity index (χ1) is 11.6. The van der Waals surface area contributed by atoms with E-state index in [-0.39, 0.29) is 0 Å². The molecule has 0 saturated heterocycles. The van der Waals surface area contributed by atoms with Gasteiger partial charge in [-0.05, 0) is 55.5 Å². The highest BCUT2D eigenvalue weighted by molar-refractivity contribution is 8.02. The number of carbonyl (C=O) groups is 1. The van der Waals surface area contributed by atoms with E-state index < -0.39 is 12.3 Å². The summed E-state index contributed by atoms with van der Waals surface area (Å²) in [6, 6.07) is 7.87. The van der Waals surface area contributed by atoms with E-state index in [1.54, 1.807) is 18.9 Å². The van der Waals surface area contributed by atoms with Gasteiger partial charge < -0.3 is 14.2 Å². The van der Waals surface area contributed by atoms with Crippen molar-refractivity contribution in [3.05, 3.63) is 47.9 Å². The third-order valence-corrected chi connectivity index (χ3v) is 4.07. The Morgan fingerprint density at radius 1 is 1.33 bits per heavy atom. The molecular weight excluding hydrogens is 324 g/mol. The summed E-state index contributed by atoms with van der Waals surface area (Å²) in [6.07, 6.45) is 1.59. The number of hydrogen-bond acceptors (Lipinski definition) is 5. The summed E-state index contributed by atoms with van der Waals surface area (Å²) in [5.74, 6) is 6.39. The molecule has 0 radical (unpaired) electrons. The van der Waals surface area contributed by atoms with Gasteiger partial charge in [0.1, 0.15) is 5.75 Å². The predicted molar refractivity (Wildman–Crippen MR) is 97.1 cm³/mol. The Kier molecular flexibility index (Phi) is 9.25. The normalized spacial score (nSPS) is 11.7. The maximum atomic E-state index is 11.2. The zero-order valence-electron chi connectivity index (χ0n) is 14.2. The van der Waals surface area contributed by atoms with E-state index in [1.165, 1.54) is 18.8 Å². The van der Waals surface area contributed by atoms with Crippen LogP contribution in [0.4, 0.5) is 4.79 Å². The van der Waals surface area contributed by atoms with Crippen LogP contribution in [0.2, 0.25) is 0 Å². The fourth-order valence-corrected chi connectivity index (χ4v) is 2.47. The van der Waals surface area contributed by atoms with E-state index in [2.05, 4.69) is 28.6 Å². The van der Waals surface area contributed by atoms with Crippen LogP contribution in [0.3, 0.4) is 0 Å². The topological polar surface area (TPSA) is 44.8 Å². The van der Waals surface area contributed by atoms with Crippen LogP contribution in [0.1, 0.15) is 19.8 Å². The summed E-state index contributed by atoms with van der Waals surface area (Å²) >= 11 is 1.63. The number of methoxy groups -OCH3 is 2. The molecule has 0 aliphatic carbocycles. The highest BCUT2D eigenvalue weighted by Gasteiger charge is 2.12. The quantitative estimate of drug-likeness (QED) is 0.403. The zero-order chi connectivity index (χ0) is 17.8. The second-order valence-corrected chi connectivity index (χ2v) is 5.79. The van der Waals surface area contributed by atoms with Crippen molar-refractivity contribution in [3.8, 4) is 17.6 Å². The molecule has 0 aliphatic heterocycles. The van der Waals surface area contributed by atoms with Crippen LogP contribution in [-0.2, 0) is 9.47 Å². The van der Waals surface area contributed by atoms with Gasteiger partial charge in [0, 0.05) is 4.90 Å². The maximum absolute atomic E-state index is 11.2. The summed E-state index contributed by atoms with van der Waals surface area (Å²) < 4.78 is 14.8. The van der Waals surface area contributed by atoms with E-state index >= 15 is 0 Å². The SMILES string of the molecule is C=CC#CC(CC/C(C)=C/Sc1ccc(OC)cc1)OC(=O)OC. The van der Waals surface area contributed by atoms with Crippen molar-refractivity contribution >= 4 is 17.9 Å². The van der Waals surface area contributed by atoms with E-state index in [9.17, 15) is 4.79 Å². The van der Waals surface area contributed by atoms with E-state index in [1.807, 2.05) is 31.2 Å². The average molecular weight is 346 g/mol. The highest BCUT2D eigenvalue weighted by atomic mass is 32.2. The van der Waals surface area contributed by atoms with Crippen molar-refractivity contribution in [2.75, 3.05) is 14.2 Å². The summed E-state index contributed by atoms with van der Waals surface area (Å²) in [6.45, 7) is 5.57. The summed E-state index contributed by atoms with van der Waals surface area (Å²) in [4.78, 5) is 12.4. The lowest BCUT2D eigenvalue weighted by atomic mass is 10.1. The van der Waals surface area contributed by atoms with Gasteiger partial charge in [0.2, 0.25) is 0 Å². The molecule has 0 saturated carbocycles. The molecule has 0 fully saturated rings. The van der Waals surface area contributed by atoms with Crippen molar-refractivity contribution in [2.24, 2.45) is 0 Å². The molecule has 0 heterocycles. The number of thioether (sulfide) groups is 1. The van der Waals surface area contributed by atoms with E-state index in [4.69, 9.17) is 9.47 Å². The first-order valence-corrected chi connectivity index (χ1v) is 8.30. The summed E-state index contributed by atoms with van der Waals surface area (Å²) in [5.41, 5.74) is 1.18. The number of hydrogen-bond donors (Lipinski definition) is 0. The monoisotopic (exact) mass is 346 g/mol. The van der Waals surface area contributed by atoms with E-state index in [0.29, 0.717) is 6.42 Å². The van der Waals surface area contributed by atoms with Crippen LogP contribution in [0.25, 0.3) is 0 Å².